The van der Waals surface area contributed by atoms with E-state index in [2.05, 4.69) is 18.8 Å². The van der Waals surface area contributed by atoms with Crippen LogP contribution < -0.4 is 5.32 Å². The van der Waals surface area contributed by atoms with Gasteiger partial charge in [-0.2, -0.15) is 4.31 Å². The second-order valence-corrected chi connectivity index (χ2v) is 8.77. The van der Waals surface area contributed by atoms with E-state index in [4.69, 9.17) is 0 Å². The molecule has 0 heterocycles. The van der Waals surface area contributed by atoms with Crippen LogP contribution in [0.15, 0.2) is 41.8 Å². The van der Waals surface area contributed by atoms with Gasteiger partial charge in [-0.05, 0) is 37.8 Å². The Bertz CT molecular complexity index is 698. The summed E-state index contributed by atoms with van der Waals surface area (Å²) < 4.78 is 26.8. The van der Waals surface area contributed by atoms with Gasteiger partial charge in [-0.3, -0.25) is 4.79 Å². The smallest absolute Gasteiger partial charge is 0.243 e. The Labute approximate surface area is 151 Å². The Morgan fingerprint density at radius 2 is 1.92 bits per heavy atom. The monoisotopic (exact) mass is 364 g/mol. The largest absolute Gasteiger partial charge is 0.352 e. The van der Waals surface area contributed by atoms with E-state index in [1.54, 1.807) is 24.3 Å². The third-order valence-electron chi connectivity index (χ3n) is 4.77. The molecule has 0 aromatic heterocycles. The summed E-state index contributed by atoms with van der Waals surface area (Å²) >= 11 is 0. The lowest BCUT2D eigenvalue weighted by atomic mass is 9.86. The minimum atomic E-state index is -3.73. The van der Waals surface area contributed by atoms with E-state index in [0.717, 1.165) is 24.8 Å². The van der Waals surface area contributed by atoms with Crippen LogP contribution in [0.25, 0.3) is 0 Å². The molecule has 1 N–H and O–H groups in total. The summed E-state index contributed by atoms with van der Waals surface area (Å²) in [5.74, 6) is 0.176. The first kappa shape index (κ1) is 19.7. The highest BCUT2D eigenvalue weighted by atomic mass is 32.2. The van der Waals surface area contributed by atoms with Gasteiger partial charge in [-0.25, -0.2) is 8.42 Å². The molecule has 1 aliphatic rings. The van der Waals surface area contributed by atoms with Gasteiger partial charge in [-0.15, -0.1) is 6.58 Å². The molecule has 1 saturated carbocycles. The second-order valence-electron chi connectivity index (χ2n) is 6.84. The van der Waals surface area contributed by atoms with Gasteiger partial charge in [0.25, 0.3) is 0 Å². The molecule has 0 radical (unpaired) electrons. The van der Waals surface area contributed by atoms with Crippen LogP contribution in [-0.4, -0.2) is 37.8 Å². The zero-order chi connectivity index (χ0) is 18.4. The highest BCUT2D eigenvalue weighted by Crippen LogP contribution is 2.24. The Balaban J connectivity index is 2.10. The molecule has 25 heavy (non-hydrogen) atoms. The van der Waals surface area contributed by atoms with Gasteiger partial charge in [0, 0.05) is 12.6 Å². The molecule has 0 aliphatic heterocycles. The van der Waals surface area contributed by atoms with Crippen LogP contribution >= 0.6 is 0 Å². The van der Waals surface area contributed by atoms with Crippen molar-refractivity contribution in [2.75, 3.05) is 13.1 Å². The number of nitrogens with one attached hydrogen (secondary N) is 1. The van der Waals surface area contributed by atoms with Gasteiger partial charge in [0.1, 0.15) is 0 Å². The summed E-state index contributed by atoms with van der Waals surface area (Å²) in [7, 11) is -3.73. The average molecular weight is 365 g/mol. The summed E-state index contributed by atoms with van der Waals surface area (Å²) in [6.07, 6.45) is 5.86. The molecule has 2 atom stereocenters. The van der Waals surface area contributed by atoms with Crippen LogP contribution in [0.1, 0.15) is 38.2 Å². The Morgan fingerprint density at radius 1 is 1.28 bits per heavy atom. The van der Waals surface area contributed by atoms with E-state index >= 15 is 0 Å². The highest BCUT2D eigenvalue weighted by Gasteiger charge is 2.28. The minimum Gasteiger partial charge on any atom is -0.352 e. The number of benzene rings is 1. The maximum atomic E-state index is 12.8. The molecule has 2 rings (SSSR count). The van der Waals surface area contributed by atoms with E-state index in [0.29, 0.717) is 5.92 Å². The molecule has 1 aromatic rings. The summed E-state index contributed by atoms with van der Waals surface area (Å²) in [6, 6.07) is 6.78. The van der Waals surface area contributed by atoms with Crippen molar-refractivity contribution in [1.82, 2.24) is 9.62 Å². The number of rotatable bonds is 7. The number of carbonyl (C=O) groups excluding carboxylic acids is 1. The number of hydrogen-bond donors (Lipinski definition) is 1. The van der Waals surface area contributed by atoms with Crippen molar-refractivity contribution in [2.24, 2.45) is 5.92 Å². The number of hydrogen-bond acceptors (Lipinski definition) is 3. The normalized spacial score (nSPS) is 21.1. The van der Waals surface area contributed by atoms with Gasteiger partial charge in [0.05, 0.1) is 11.4 Å². The molecule has 5 nitrogen and oxygen atoms in total. The summed E-state index contributed by atoms with van der Waals surface area (Å²) in [5.41, 5.74) is 0.984. The molecule has 1 aromatic carbocycles. The van der Waals surface area contributed by atoms with Crippen LogP contribution in [0, 0.1) is 12.8 Å². The van der Waals surface area contributed by atoms with Gasteiger partial charge < -0.3 is 5.32 Å². The van der Waals surface area contributed by atoms with Crippen LogP contribution in [0.2, 0.25) is 0 Å². The fourth-order valence-corrected chi connectivity index (χ4v) is 4.56. The fraction of sp³-hybridized carbons (Fsp3) is 0.526. The lowest BCUT2D eigenvalue weighted by molar-refractivity contribution is -0.122. The van der Waals surface area contributed by atoms with E-state index < -0.39 is 10.0 Å². The first-order valence-electron chi connectivity index (χ1n) is 8.81. The predicted molar refractivity (Wildman–Crippen MR) is 99.7 cm³/mol. The van der Waals surface area contributed by atoms with Gasteiger partial charge in [-0.1, -0.05) is 43.5 Å². The van der Waals surface area contributed by atoms with Crippen molar-refractivity contribution in [3.05, 3.63) is 42.5 Å². The standard InChI is InChI=1S/C19H28N2O3S/c1-4-13-21(25(23,24)17-11-9-15(2)10-12-17)14-19(22)20-18-8-6-5-7-16(18)3/h4,9-12,16,18H,1,5-8,13-14H2,2-3H3,(H,20,22). The predicted octanol–water partition coefficient (Wildman–Crippen LogP) is 2.87. The van der Waals surface area contributed by atoms with E-state index in [1.165, 1.54) is 16.8 Å². The number of amides is 1. The van der Waals surface area contributed by atoms with Crippen molar-refractivity contribution in [1.29, 1.82) is 0 Å². The number of sulfonamides is 1. The maximum absolute atomic E-state index is 12.8. The minimum absolute atomic E-state index is 0.101. The molecule has 2 unspecified atom stereocenters. The molecule has 1 amide bonds. The van der Waals surface area contributed by atoms with Gasteiger partial charge in [0.2, 0.25) is 15.9 Å². The van der Waals surface area contributed by atoms with Crippen molar-refractivity contribution < 1.29 is 13.2 Å². The zero-order valence-corrected chi connectivity index (χ0v) is 15.9. The van der Waals surface area contributed by atoms with Crippen LogP contribution in [0.5, 0.6) is 0 Å². The quantitative estimate of drug-likeness (QED) is 0.757. The molecule has 0 saturated heterocycles. The highest BCUT2D eigenvalue weighted by molar-refractivity contribution is 7.89. The van der Waals surface area contributed by atoms with E-state index in [-0.39, 0.29) is 29.9 Å². The fourth-order valence-electron chi connectivity index (χ4n) is 3.19. The third kappa shape index (κ3) is 5.16. The van der Waals surface area contributed by atoms with Crippen molar-refractivity contribution in [2.45, 2.75) is 50.5 Å². The molecule has 1 fully saturated rings. The van der Waals surface area contributed by atoms with E-state index in [9.17, 15) is 13.2 Å². The molecular weight excluding hydrogens is 336 g/mol. The molecule has 0 spiro atoms. The van der Waals surface area contributed by atoms with Crippen molar-refractivity contribution in [3.8, 4) is 0 Å². The first-order chi connectivity index (χ1) is 11.8. The molecule has 6 heteroatoms. The summed E-state index contributed by atoms with van der Waals surface area (Å²) in [5, 5.41) is 3.01. The molecule has 0 bridgehead atoms. The number of nitrogens with zero attached hydrogens (tertiary/aromatic N) is 1. The second kappa shape index (κ2) is 8.63. The first-order valence-corrected chi connectivity index (χ1v) is 10.3. The van der Waals surface area contributed by atoms with E-state index in [1.807, 2.05) is 6.92 Å². The van der Waals surface area contributed by atoms with Gasteiger partial charge >= 0.3 is 0 Å². The molecule has 1 aliphatic carbocycles. The van der Waals surface area contributed by atoms with Crippen LogP contribution in [0.4, 0.5) is 0 Å². The third-order valence-corrected chi connectivity index (χ3v) is 6.60. The lowest BCUT2D eigenvalue weighted by Crippen LogP contribution is -2.47. The van der Waals surface area contributed by atoms with Crippen LogP contribution in [-0.2, 0) is 14.8 Å². The van der Waals surface area contributed by atoms with Gasteiger partial charge in [0.15, 0.2) is 0 Å². The number of carbonyl (C=O) groups is 1. The SMILES string of the molecule is C=CCN(CC(=O)NC1CCCCC1C)S(=O)(=O)c1ccc(C)cc1. The van der Waals surface area contributed by atoms with Crippen LogP contribution in [0.3, 0.4) is 0 Å². The Kier molecular flexibility index (Phi) is 6.79. The topological polar surface area (TPSA) is 66.5 Å². The van der Waals surface area contributed by atoms with Crippen molar-refractivity contribution in [3.63, 3.8) is 0 Å². The summed E-state index contributed by atoms with van der Waals surface area (Å²) in [4.78, 5) is 12.6. The molecular formula is C19H28N2O3S. The Hall–Kier alpha value is -1.66. The average Bonchev–Trinajstić information content (AvgIpc) is 2.57. The van der Waals surface area contributed by atoms with Crippen molar-refractivity contribution >= 4 is 15.9 Å². The lowest BCUT2D eigenvalue weighted by Gasteiger charge is -2.30. The molecule has 138 valence electrons. The zero-order valence-electron chi connectivity index (χ0n) is 15.1. The summed E-state index contributed by atoms with van der Waals surface area (Å²) in [6.45, 7) is 7.56. The number of aryl methyl sites for hydroxylation is 1. The maximum Gasteiger partial charge on any atom is 0.243 e. The Morgan fingerprint density at radius 3 is 2.52 bits per heavy atom.